The van der Waals surface area contributed by atoms with Crippen LogP contribution in [0.2, 0.25) is 0 Å². The Morgan fingerprint density at radius 3 is 2.33 bits per heavy atom. The maximum atomic E-state index is 11.7. The molecule has 2 fully saturated rings. The van der Waals surface area contributed by atoms with Gasteiger partial charge in [-0.2, -0.15) is 0 Å². The maximum absolute atomic E-state index is 11.7. The van der Waals surface area contributed by atoms with E-state index in [-0.39, 0.29) is 11.3 Å². The Bertz CT molecular complexity index is 388. The molecule has 0 bridgehead atoms. The van der Waals surface area contributed by atoms with E-state index in [4.69, 9.17) is 5.73 Å². The summed E-state index contributed by atoms with van der Waals surface area (Å²) < 4.78 is 23.5. The molecule has 2 saturated heterocycles. The Morgan fingerprint density at radius 2 is 1.94 bits per heavy atom. The van der Waals surface area contributed by atoms with Crippen molar-refractivity contribution >= 4 is 9.84 Å². The monoisotopic (exact) mass is 275 g/mol. The first-order chi connectivity index (χ1) is 8.38. The van der Waals surface area contributed by atoms with Crippen molar-refractivity contribution < 1.29 is 8.42 Å². The number of nitrogens with two attached hydrogens (primary N) is 1. The van der Waals surface area contributed by atoms with Gasteiger partial charge in [0.25, 0.3) is 0 Å². The van der Waals surface area contributed by atoms with Gasteiger partial charge >= 0.3 is 0 Å². The van der Waals surface area contributed by atoms with Gasteiger partial charge in [0.15, 0.2) is 9.84 Å². The van der Waals surface area contributed by atoms with Gasteiger partial charge < -0.3 is 10.6 Å². The van der Waals surface area contributed by atoms with Crippen molar-refractivity contribution in [3.8, 4) is 0 Å². The summed E-state index contributed by atoms with van der Waals surface area (Å²) >= 11 is 0. The van der Waals surface area contributed by atoms with Gasteiger partial charge in [-0.1, -0.05) is 0 Å². The summed E-state index contributed by atoms with van der Waals surface area (Å²) in [5.41, 5.74) is 5.62. The minimum atomic E-state index is -2.88. The largest absolute Gasteiger partial charge is 0.329 e. The second-order valence-electron chi connectivity index (χ2n) is 5.95. The quantitative estimate of drug-likeness (QED) is 0.754. The first-order valence-corrected chi connectivity index (χ1v) is 8.53. The molecule has 2 heterocycles. The van der Waals surface area contributed by atoms with Crippen molar-refractivity contribution in [1.29, 1.82) is 0 Å². The van der Waals surface area contributed by atoms with Crippen LogP contribution < -0.4 is 5.73 Å². The minimum absolute atomic E-state index is 0.253. The maximum Gasteiger partial charge on any atom is 0.152 e. The van der Waals surface area contributed by atoms with Crippen LogP contribution in [0.15, 0.2) is 0 Å². The molecule has 0 amide bonds. The van der Waals surface area contributed by atoms with E-state index in [0.29, 0.717) is 24.8 Å². The van der Waals surface area contributed by atoms with Gasteiger partial charge in [0, 0.05) is 31.2 Å². The lowest BCUT2D eigenvalue weighted by Crippen LogP contribution is -2.58. The number of hydrogen-bond acceptors (Lipinski definition) is 5. The highest BCUT2D eigenvalue weighted by atomic mass is 32.2. The zero-order valence-corrected chi connectivity index (χ0v) is 12.2. The van der Waals surface area contributed by atoms with Gasteiger partial charge in [-0.25, -0.2) is 8.42 Å². The van der Waals surface area contributed by atoms with E-state index >= 15 is 0 Å². The van der Waals surface area contributed by atoms with Crippen molar-refractivity contribution in [3.05, 3.63) is 0 Å². The van der Waals surface area contributed by atoms with Crippen molar-refractivity contribution in [2.24, 2.45) is 5.73 Å². The lowest BCUT2D eigenvalue weighted by atomic mass is 9.92. The zero-order chi connectivity index (χ0) is 13.4. The fourth-order valence-electron chi connectivity index (χ4n) is 3.30. The molecule has 2 aliphatic heterocycles. The van der Waals surface area contributed by atoms with Crippen molar-refractivity contribution in [2.75, 3.05) is 45.2 Å². The molecular weight excluding hydrogens is 250 g/mol. The molecule has 1 atom stereocenters. The van der Waals surface area contributed by atoms with Crippen LogP contribution >= 0.6 is 0 Å². The molecule has 0 aromatic carbocycles. The fraction of sp³-hybridized carbons (Fsp3) is 1.00. The third-order valence-electron chi connectivity index (χ3n) is 4.61. The molecule has 0 aliphatic carbocycles. The Morgan fingerprint density at radius 1 is 1.33 bits per heavy atom. The zero-order valence-electron chi connectivity index (χ0n) is 11.4. The van der Waals surface area contributed by atoms with Gasteiger partial charge in [-0.15, -0.1) is 0 Å². The van der Waals surface area contributed by atoms with Gasteiger partial charge in [0.05, 0.1) is 11.5 Å². The molecule has 0 aromatic rings. The fourth-order valence-corrected chi connectivity index (χ4v) is 5.39. The number of rotatable bonds is 3. The van der Waals surface area contributed by atoms with E-state index in [1.807, 2.05) is 0 Å². The summed E-state index contributed by atoms with van der Waals surface area (Å²) in [6.45, 7) is 2.39. The lowest BCUT2D eigenvalue weighted by molar-refractivity contribution is 0.0602. The summed E-state index contributed by atoms with van der Waals surface area (Å²) in [5, 5.41) is 0. The number of nitrogens with zero attached hydrogens (tertiary/aromatic N) is 2. The molecule has 18 heavy (non-hydrogen) atoms. The minimum Gasteiger partial charge on any atom is -0.329 e. The Hall–Kier alpha value is -0.170. The number of sulfone groups is 1. The first-order valence-electron chi connectivity index (χ1n) is 6.70. The van der Waals surface area contributed by atoms with Crippen LogP contribution in [0.25, 0.3) is 0 Å². The summed E-state index contributed by atoms with van der Waals surface area (Å²) in [6.07, 6.45) is 2.92. The van der Waals surface area contributed by atoms with E-state index in [2.05, 4.69) is 23.9 Å². The summed E-state index contributed by atoms with van der Waals surface area (Å²) in [4.78, 5) is 4.59. The predicted octanol–water partition coefficient (Wildman–Crippen LogP) is -0.472. The van der Waals surface area contributed by atoms with Gasteiger partial charge in [0.1, 0.15) is 0 Å². The summed E-state index contributed by atoms with van der Waals surface area (Å²) in [5.74, 6) is 0.556. The highest BCUT2D eigenvalue weighted by molar-refractivity contribution is 7.91. The van der Waals surface area contributed by atoms with E-state index in [1.165, 1.54) is 0 Å². The van der Waals surface area contributed by atoms with Crippen LogP contribution in [0.1, 0.15) is 19.3 Å². The van der Waals surface area contributed by atoms with Crippen molar-refractivity contribution in [2.45, 2.75) is 30.8 Å². The topological polar surface area (TPSA) is 66.6 Å². The highest BCUT2D eigenvalue weighted by Crippen LogP contribution is 2.31. The number of piperidine rings is 1. The van der Waals surface area contributed by atoms with Crippen LogP contribution in [0.4, 0.5) is 0 Å². The third kappa shape index (κ3) is 2.71. The molecule has 2 rings (SSSR count). The average molecular weight is 275 g/mol. The number of likely N-dealkylation sites (tertiary alicyclic amines) is 1. The first kappa shape index (κ1) is 14.2. The Kier molecular flexibility index (Phi) is 4.02. The Labute approximate surface area is 110 Å². The molecule has 1 unspecified atom stereocenters. The molecule has 0 spiro atoms. The molecule has 6 heteroatoms. The smallest absolute Gasteiger partial charge is 0.152 e. The molecular formula is C12H25N3O2S. The van der Waals surface area contributed by atoms with Gasteiger partial charge in [-0.05, 0) is 33.4 Å². The average Bonchev–Trinajstić information content (AvgIpc) is 2.66. The van der Waals surface area contributed by atoms with Crippen LogP contribution in [-0.2, 0) is 9.84 Å². The molecule has 106 valence electrons. The predicted molar refractivity (Wildman–Crippen MR) is 73.3 cm³/mol. The summed E-state index contributed by atoms with van der Waals surface area (Å²) in [7, 11) is 1.34. The Balaban J connectivity index is 2.04. The van der Waals surface area contributed by atoms with E-state index < -0.39 is 9.84 Å². The van der Waals surface area contributed by atoms with E-state index in [0.717, 1.165) is 25.9 Å². The van der Waals surface area contributed by atoms with Crippen molar-refractivity contribution in [3.63, 3.8) is 0 Å². The van der Waals surface area contributed by atoms with E-state index in [1.54, 1.807) is 0 Å². The van der Waals surface area contributed by atoms with E-state index in [9.17, 15) is 8.42 Å². The van der Waals surface area contributed by atoms with Crippen LogP contribution in [0, 0.1) is 0 Å². The van der Waals surface area contributed by atoms with Crippen LogP contribution in [0.3, 0.4) is 0 Å². The van der Waals surface area contributed by atoms with Crippen molar-refractivity contribution in [1.82, 2.24) is 9.80 Å². The van der Waals surface area contributed by atoms with Gasteiger partial charge in [0.2, 0.25) is 0 Å². The molecule has 2 N–H and O–H groups in total. The highest BCUT2D eigenvalue weighted by Gasteiger charge is 2.46. The van der Waals surface area contributed by atoms with Gasteiger partial charge in [-0.3, -0.25) is 4.90 Å². The third-order valence-corrected chi connectivity index (χ3v) is 6.42. The summed E-state index contributed by atoms with van der Waals surface area (Å²) in [6, 6.07) is 0.620. The molecule has 0 saturated carbocycles. The second kappa shape index (κ2) is 5.07. The molecule has 2 aliphatic rings. The SMILES string of the molecule is CN(C)C1CCN(C2(CN)CCS(=O)(=O)C2)CC1. The number of hydrogen-bond donors (Lipinski definition) is 1. The molecule has 5 nitrogen and oxygen atoms in total. The second-order valence-corrected chi connectivity index (χ2v) is 8.14. The van der Waals surface area contributed by atoms with Crippen LogP contribution in [0.5, 0.6) is 0 Å². The molecule has 0 aromatic heterocycles. The normalized spacial score (nSPS) is 34.2. The molecule has 0 radical (unpaired) electrons. The standard InChI is InChI=1S/C12H25N3O2S/c1-14(2)11-3-6-15(7-4-11)12(9-13)5-8-18(16,17)10-12/h11H,3-10,13H2,1-2H3. The lowest BCUT2D eigenvalue weighted by Gasteiger charge is -2.45. The van der Waals surface area contributed by atoms with Crippen LogP contribution in [-0.4, -0.2) is 75.0 Å².